The maximum atomic E-state index is 6.08. The fraction of sp³-hybridized carbons (Fsp3) is 0.400. The molecule has 1 aromatic heterocycles. The smallest absolute Gasteiger partial charge is 0.0664 e. The molecule has 0 amide bonds. The van der Waals surface area contributed by atoms with Crippen molar-refractivity contribution in [1.82, 2.24) is 15.1 Å². The van der Waals surface area contributed by atoms with E-state index in [1.54, 1.807) is 6.07 Å². The van der Waals surface area contributed by atoms with Crippen LogP contribution in [-0.4, -0.2) is 15.8 Å². The molecule has 20 heavy (non-hydrogen) atoms. The predicted octanol–water partition coefficient (Wildman–Crippen LogP) is 4.29. The van der Waals surface area contributed by atoms with E-state index < -0.39 is 0 Å². The summed E-state index contributed by atoms with van der Waals surface area (Å²) >= 11 is 12.0. The number of benzene rings is 1. The second-order valence-electron chi connectivity index (χ2n) is 5.20. The van der Waals surface area contributed by atoms with E-state index >= 15 is 0 Å². The van der Waals surface area contributed by atoms with Crippen LogP contribution >= 0.6 is 23.2 Å². The van der Waals surface area contributed by atoms with E-state index in [-0.39, 0.29) is 0 Å². The topological polar surface area (TPSA) is 29.9 Å². The molecule has 1 heterocycles. The van der Waals surface area contributed by atoms with E-state index in [9.17, 15) is 0 Å². The quantitative estimate of drug-likeness (QED) is 0.912. The fourth-order valence-electron chi connectivity index (χ4n) is 2.11. The van der Waals surface area contributed by atoms with E-state index in [4.69, 9.17) is 23.2 Å². The summed E-state index contributed by atoms with van der Waals surface area (Å²) in [5, 5.41) is 9.13. The zero-order chi connectivity index (χ0) is 14.9. The van der Waals surface area contributed by atoms with Gasteiger partial charge in [0.2, 0.25) is 0 Å². The molecule has 0 radical (unpaired) electrons. The standard InChI is InChI=1S/C15H19Cl2N3/c1-9(2)18-8-13-10(3)19-20(11(13)4)12-5-6-14(16)15(17)7-12/h5-7,9,18H,8H2,1-4H3. The van der Waals surface area contributed by atoms with Gasteiger partial charge in [0.15, 0.2) is 0 Å². The van der Waals surface area contributed by atoms with Crippen LogP contribution in [0.25, 0.3) is 5.69 Å². The van der Waals surface area contributed by atoms with Gasteiger partial charge in [-0.25, -0.2) is 4.68 Å². The SMILES string of the molecule is Cc1nn(-c2ccc(Cl)c(Cl)c2)c(C)c1CNC(C)C. The molecule has 1 aromatic carbocycles. The van der Waals surface area contributed by atoms with Crippen molar-refractivity contribution in [3.8, 4) is 5.69 Å². The fourth-order valence-corrected chi connectivity index (χ4v) is 2.40. The summed E-state index contributed by atoms with van der Waals surface area (Å²) in [6.45, 7) is 9.18. The third-order valence-corrected chi connectivity index (χ3v) is 4.02. The van der Waals surface area contributed by atoms with Gasteiger partial charge in [-0.15, -0.1) is 0 Å². The Kier molecular flexibility index (Phi) is 4.74. The van der Waals surface area contributed by atoms with Gasteiger partial charge in [0, 0.05) is 23.8 Å². The Labute approximate surface area is 129 Å². The summed E-state index contributed by atoms with van der Waals surface area (Å²) in [7, 11) is 0. The first-order valence-corrected chi connectivity index (χ1v) is 7.39. The number of hydrogen-bond acceptors (Lipinski definition) is 2. The first-order chi connectivity index (χ1) is 9.40. The van der Waals surface area contributed by atoms with E-state index in [0.717, 1.165) is 23.6 Å². The monoisotopic (exact) mass is 311 g/mol. The molecule has 3 nitrogen and oxygen atoms in total. The molecule has 2 rings (SSSR count). The van der Waals surface area contributed by atoms with Gasteiger partial charge in [-0.2, -0.15) is 5.10 Å². The van der Waals surface area contributed by atoms with Gasteiger partial charge in [-0.1, -0.05) is 37.0 Å². The van der Waals surface area contributed by atoms with Crippen LogP contribution in [0.15, 0.2) is 18.2 Å². The lowest BCUT2D eigenvalue weighted by Crippen LogP contribution is -2.22. The van der Waals surface area contributed by atoms with Crippen molar-refractivity contribution in [3.05, 3.63) is 45.2 Å². The van der Waals surface area contributed by atoms with Crippen molar-refractivity contribution in [1.29, 1.82) is 0 Å². The maximum absolute atomic E-state index is 6.08. The highest BCUT2D eigenvalue weighted by Gasteiger charge is 2.13. The van der Waals surface area contributed by atoms with E-state index in [2.05, 4.69) is 31.2 Å². The summed E-state index contributed by atoms with van der Waals surface area (Å²) in [4.78, 5) is 0. The minimum Gasteiger partial charge on any atom is -0.310 e. The average molecular weight is 312 g/mol. The molecule has 0 aliphatic carbocycles. The largest absolute Gasteiger partial charge is 0.310 e. The van der Waals surface area contributed by atoms with Gasteiger partial charge < -0.3 is 5.32 Å². The number of nitrogens with one attached hydrogen (secondary N) is 1. The second kappa shape index (κ2) is 6.17. The average Bonchev–Trinajstić information content (AvgIpc) is 2.66. The highest BCUT2D eigenvalue weighted by molar-refractivity contribution is 6.42. The van der Waals surface area contributed by atoms with Crippen molar-refractivity contribution >= 4 is 23.2 Å². The molecule has 2 aromatic rings. The molecule has 5 heteroatoms. The minimum atomic E-state index is 0.446. The normalized spacial score (nSPS) is 11.3. The summed E-state index contributed by atoms with van der Waals surface area (Å²) in [5.41, 5.74) is 4.30. The van der Waals surface area contributed by atoms with Gasteiger partial charge in [0.1, 0.15) is 0 Å². The van der Waals surface area contributed by atoms with E-state index in [1.807, 2.05) is 23.7 Å². The maximum Gasteiger partial charge on any atom is 0.0664 e. The van der Waals surface area contributed by atoms with Crippen LogP contribution in [0, 0.1) is 13.8 Å². The highest BCUT2D eigenvalue weighted by atomic mass is 35.5. The molecule has 0 atom stereocenters. The summed E-state index contributed by atoms with van der Waals surface area (Å²) in [6, 6.07) is 6.00. The number of aryl methyl sites for hydroxylation is 1. The molecule has 0 aliphatic heterocycles. The number of nitrogens with zero attached hydrogens (tertiary/aromatic N) is 2. The summed E-state index contributed by atoms with van der Waals surface area (Å²) in [5.74, 6) is 0. The summed E-state index contributed by atoms with van der Waals surface area (Å²) < 4.78 is 1.91. The van der Waals surface area contributed by atoms with Crippen molar-refractivity contribution in [2.45, 2.75) is 40.3 Å². The molecule has 108 valence electrons. The van der Waals surface area contributed by atoms with Crippen molar-refractivity contribution in [3.63, 3.8) is 0 Å². The van der Waals surface area contributed by atoms with Crippen LogP contribution < -0.4 is 5.32 Å². The molecule has 0 saturated heterocycles. The van der Waals surface area contributed by atoms with Gasteiger partial charge in [0.25, 0.3) is 0 Å². The van der Waals surface area contributed by atoms with Crippen LogP contribution in [0.3, 0.4) is 0 Å². The molecule has 0 aliphatic rings. The molecule has 0 unspecified atom stereocenters. The number of halogens is 2. The van der Waals surface area contributed by atoms with Crippen LogP contribution in [0.2, 0.25) is 10.0 Å². The van der Waals surface area contributed by atoms with Gasteiger partial charge in [-0.3, -0.25) is 0 Å². The second-order valence-corrected chi connectivity index (χ2v) is 6.01. The Balaban J connectivity index is 2.38. The van der Waals surface area contributed by atoms with Crippen LogP contribution in [0.5, 0.6) is 0 Å². The Hall–Kier alpha value is -1.03. The van der Waals surface area contributed by atoms with E-state index in [0.29, 0.717) is 16.1 Å². The molecular formula is C15H19Cl2N3. The Morgan fingerprint density at radius 3 is 2.50 bits per heavy atom. The first-order valence-electron chi connectivity index (χ1n) is 6.64. The zero-order valence-corrected chi connectivity index (χ0v) is 13.7. The Bertz CT molecular complexity index is 618. The van der Waals surface area contributed by atoms with Crippen molar-refractivity contribution in [2.24, 2.45) is 0 Å². The van der Waals surface area contributed by atoms with Crippen molar-refractivity contribution in [2.75, 3.05) is 0 Å². The molecular weight excluding hydrogens is 293 g/mol. The lowest BCUT2D eigenvalue weighted by Gasteiger charge is -2.09. The lowest BCUT2D eigenvalue weighted by atomic mass is 10.2. The third-order valence-electron chi connectivity index (χ3n) is 3.28. The van der Waals surface area contributed by atoms with Gasteiger partial charge >= 0.3 is 0 Å². The molecule has 0 bridgehead atoms. The lowest BCUT2D eigenvalue weighted by molar-refractivity contribution is 0.586. The molecule has 0 fully saturated rings. The molecule has 0 saturated carbocycles. The van der Waals surface area contributed by atoms with Crippen LogP contribution in [0.4, 0.5) is 0 Å². The first kappa shape index (κ1) is 15.4. The Morgan fingerprint density at radius 2 is 1.90 bits per heavy atom. The van der Waals surface area contributed by atoms with E-state index in [1.165, 1.54) is 5.56 Å². The highest BCUT2D eigenvalue weighted by Crippen LogP contribution is 2.26. The minimum absolute atomic E-state index is 0.446. The predicted molar refractivity (Wildman–Crippen MR) is 85.0 cm³/mol. The van der Waals surface area contributed by atoms with Crippen LogP contribution in [-0.2, 0) is 6.54 Å². The number of aromatic nitrogens is 2. The van der Waals surface area contributed by atoms with Gasteiger partial charge in [0.05, 0.1) is 21.4 Å². The number of hydrogen-bond donors (Lipinski definition) is 1. The third kappa shape index (κ3) is 3.17. The summed E-state index contributed by atoms with van der Waals surface area (Å²) in [6.07, 6.45) is 0. The molecule has 1 N–H and O–H groups in total. The zero-order valence-electron chi connectivity index (χ0n) is 12.2. The molecule has 0 spiro atoms. The number of rotatable bonds is 4. The Morgan fingerprint density at radius 1 is 1.20 bits per heavy atom. The van der Waals surface area contributed by atoms with Crippen molar-refractivity contribution < 1.29 is 0 Å². The van der Waals surface area contributed by atoms with Crippen LogP contribution in [0.1, 0.15) is 30.8 Å². The van der Waals surface area contributed by atoms with Gasteiger partial charge in [-0.05, 0) is 32.0 Å².